The summed E-state index contributed by atoms with van der Waals surface area (Å²) in [6.07, 6.45) is 1.91. The second-order valence-corrected chi connectivity index (χ2v) is 6.06. The van der Waals surface area contributed by atoms with E-state index in [2.05, 4.69) is 17.1 Å². The molecule has 0 aliphatic carbocycles. The van der Waals surface area contributed by atoms with E-state index in [1.54, 1.807) is 0 Å². The van der Waals surface area contributed by atoms with E-state index >= 15 is 0 Å². The van der Waals surface area contributed by atoms with Gasteiger partial charge in [0.05, 0.1) is 6.54 Å². The average molecular weight is 276 g/mol. The van der Waals surface area contributed by atoms with Crippen LogP contribution >= 0.6 is 23.1 Å². The van der Waals surface area contributed by atoms with Crippen molar-refractivity contribution < 1.29 is 5.11 Å². The second-order valence-electron chi connectivity index (χ2n) is 4.05. The number of thioether (sulfide) groups is 1. The zero-order valence-electron chi connectivity index (χ0n) is 9.87. The molecule has 1 aromatic rings. The first-order chi connectivity index (χ1) is 8.10. The normalized spacial score (nSPS) is 30.0. The van der Waals surface area contributed by atoms with Gasteiger partial charge in [0.2, 0.25) is 6.23 Å². The summed E-state index contributed by atoms with van der Waals surface area (Å²) in [6, 6.07) is 0. The molecule has 96 valence electrons. The van der Waals surface area contributed by atoms with Crippen LogP contribution in [0.1, 0.15) is 13.3 Å². The molecule has 0 radical (unpaired) electrons. The standard InChI is InChI=1S/C9H16N4O2S2/c1-3-4-12-5-7(14)13(15,6-12)8-10-11-9(16-2)17-8/h7,14H,3-6H2,1-2H3. The molecule has 8 heteroatoms. The van der Waals surface area contributed by atoms with Gasteiger partial charge in [-0.15, -0.1) is 5.10 Å². The van der Waals surface area contributed by atoms with E-state index in [9.17, 15) is 10.3 Å². The van der Waals surface area contributed by atoms with Crippen molar-refractivity contribution in [2.75, 3.05) is 26.0 Å². The maximum Gasteiger partial charge on any atom is 0.310 e. The van der Waals surface area contributed by atoms with Crippen molar-refractivity contribution in [1.82, 2.24) is 19.7 Å². The van der Waals surface area contributed by atoms with Gasteiger partial charge in [-0.1, -0.05) is 23.8 Å². The largest absolute Gasteiger partial charge is 0.623 e. The van der Waals surface area contributed by atoms with Crippen LogP contribution < -0.4 is 4.65 Å². The Morgan fingerprint density at radius 3 is 3.00 bits per heavy atom. The summed E-state index contributed by atoms with van der Waals surface area (Å²) in [4.78, 5) is 1.97. The summed E-state index contributed by atoms with van der Waals surface area (Å²) in [5.41, 5.74) is 0. The molecule has 2 atom stereocenters. The zero-order chi connectivity index (χ0) is 12.5. The minimum Gasteiger partial charge on any atom is -0.623 e. The summed E-state index contributed by atoms with van der Waals surface area (Å²) < 4.78 is -0.0207. The number of quaternary nitrogens is 1. The van der Waals surface area contributed by atoms with Gasteiger partial charge in [0.1, 0.15) is 6.67 Å². The molecule has 1 N–H and O–H groups in total. The number of hydrogen-bond donors (Lipinski definition) is 1. The average Bonchev–Trinajstić information content (AvgIpc) is 2.86. The predicted molar refractivity (Wildman–Crippen MR) is 69.6 cm³/mol. The maximum atomic E-state index is 12.6. The van der Waals surface area contributed by atoms with Gasteiger partial charge in [0, 0.05) is 6.54 Å². The SMILES string of the molecule is CCCN1CC(O)[N+]([O-])(c2nnc(SC)s2)C1. The quantitative estimate of drug-likeness (QED) is 0.504. The highest BCUT2D eigenvalue weighted by Gasteiger charge is 2.42. The molecule has 0 spiro atoms. The summed E-state index contributed by atoms with van der Waals surface area (Å²) >= 11 is 2.73. The van der Waals surface area contributed by atoms with Gasteiger partial charge in [0.15, 0.2) is 4.34 Å². The van der Waals surface area contributed by atoms with Gasteiger partial charge >= 0.3 is 5.13 Å². The number of aliphatic hydroxyl groups is 1. The molecule has 1 aromatic heterocycles. The second kappa shape index (κ2) is 5.17. The van der Waals surface area contributed by atoms with Crippen molar-refractivity contribution in [2.24, 2.45) is 0 Å². The van der Waals surface area contributed by atoms with E-state index in [0.717, 1.165) is 17.3 Å². The maximum absolute atomic E-state index is 12.6. The molecule has 6 nitrogen and oxygen atoms in total. The number of hydroxylamine groups is 2. The molecule has 0 amide bonds. The Labute approximate surface area is 108 Å². The number of aromatic nitrogens is 2. The van der Waals surface area contributed by atoms with Crippen LogP contribution in [0.25, 0.3) is 0 Å². The molecule has 0 bridgehead atoms. The van der Waals surface area contributed by atoms with Crippen LogP contribution in [0.4, 0.5) is 5.13 Å². The first-order valence-electron chi connectivity index (χ1n) is 5.47. The van der Waals surface area contributed by atoms with Gasteiger partial charge in [-0.05, 0) is 24.0 Å². The molecular weight excluding hydrogens is 260 g/mol. The van der Waals surface area contributed by atoms with Crippen molar-refractivity contribution in [3.8, 4) is 0 Å². The van der Waals surface area contributed by atoms with E-state index in [4.69, 9.17) is 0 Å². The lowest BCUT2D eigenvalue weighted by Gasteiger charge is -2.36. The third-order valence-electron chi connectivity index (χ3n) is 2.75. The Kier molecular flexibility index (Phi) is 4.01. The zero-order valence-corrected chi connectivity index (χ0v) is 11.5. The van der Waals surface area contributed by atoms with Crippen LogP contribution in [0.5, 0.6) is 0 Å². The van der Waals surface area contributed by atoms with Gasteiger partial charge in [0.25, 0.3) is 0 Å². The number of rotatable bonds is 4. The van der Waals surface area contributed by atoms with Crippen molar-refractivity contribution in [2.45, 2.75) is 23.9 Å². The van der Waals surface area contributed by atoms with E-state index in [0.29, 0.717) is 11.7 Å². The molecular formula is C9H16N4O2S2. The van der Waals surface area contributed by atoms with Crippen LogP contribution in [-0.2, 0) is 0 Å². The highest BCUT2D eigenvalue weighted by Crippen LogP contribution is 2.35. The monoisotopic (exact) mass is 276 g/mol. The molecule has 0 saturated carbocycles. The van der Waals surface area contributed by atoms with Crippen molar-refractivity contribution >= 4 is 28.2 Å². The molecule has 1 aliphatic rings. The number of hydrogen-bond acceptors (Lipinski definition) is 7. The van der Waals surface area contributed by atoms with Gasteiger partial charge in [-0.2, -0.15) is 0 Å². The van der Waals surface area contributed by atoms with Crippen LogP contribution in [0.2, 0.25) is 0 Å². The van der Waals surface area contributed by atoms with Crippen molar-refractivity contribution in [1.29, 1.82) is 0 Å². The van der Waals surface area contributed by atoms with Gasteiger partial charge in [-0.3, -0.25) is 4.65 Å². The van der Waals surface area contributed by atoms with Gasteiger partial charge in [-0.25, -0.2) is 4.90 Å². The van der Waals surface area contributed by atoms with Crippen LogP contribution in [0.3, 0.4) is 0 Å². The Hall–Kier alpha value is -0.250. The number of nitrogens with zero attached hydrogens (tertiary/aromatic N) is 4. The fraction of sp³-hybridized carbons (Fsp3) is 0.778. The predicted octanol–water partition coefficient (Wildman–Crippen LogP) is 1.07. The molecule has 0 aromatic carbocycles. The molecule has 1 saturated heterocycles. The van der Waals surface area contributed by atoms with Gasteiger partial charge < -0.3 is 10.3 Å². The first kappa shape index (κ1) is 13.2. The van der Waals surface area contributed by atoms with Crippen molar-refractivity contribution in [3.63, 3.8) is 0 Å². The highest BCUT2D eigenvalue weighted by atomic mass is 32.2. The van der Waals surface area contributed by atoms with Crippen molar-refractivity contribution in [3.05, 3.63) is 5.21 Å². The van der Waals surface area contributed by atoms with Crippen LogP contribution in [0.15, 0.2) is 4.34 Å². The topological polar surface area (TPSA) is 72.3 Å². The van der Waals surface area contributed by atoms with E-state index in [1.807, 2.05) is 11.2 Å². The molecule has 2 unspecified atom stereocenters. The Bertz CT molecular complexity index is 389. The Morgan fingerprint density at radius 1 is 1.65 bits per heavy atom. The first-order valence-corrected chi connectivity index (χ1v) is 7.51. The van der Waals surface area contributed by atoms with Crippen LogP contribution in [-0.4, -0.2) is 52.4 Å². The van der Waals surface area contributed by atoms with E-state index < -0.39 is 10.9 Å². The minimum absolute atomic E-state index is 0.262. The molecule has 17 heavy (non-hydrogen) atoms. The molecule has 1 aliphatic heterocycles. The molecule has 2 heterocycles. The smallest absolute Gasteiger partial charge is 0.310 e. The third-order valence-corrected chi connectivity index (χ3v) is 4.76. The fourth-order valence-electron chi connectivity index (χ4n) is 1.92. The molecule has 2 rings (SSSR count). The molecule has 1 fully saturated rings. The van der Waals surface area contributed by atoms with Crippen LogP contribution in [0, 0.1) is 5.21 Å². The lowest BCUT2D eigenvalue weighted by molar-refractivity contribution is 0.0843. The number of β-amino-alcohol motifs (C(OH)–C–C–N with tert-alkyl or cyclic N) is 1. The van der Waals surface area contributed by atoms with E-state index in [-0.39, 0.29) is 6.67 Å². The number of aliphatic hydroxyl groups excluding tert-OH is 1. The summed E-state index contributed by atoms with van der Waals surface area (Å²) in [5.74, 6) is 0. The Morgan fingerprint density at radius 2 is 2.41 bits per heavy atom. The fourth-order valence-corrected chi connectivity index (χ4v) is 3.25. The summed E-state index contributed by atoms with van der Waals surface area (Å²) in [6.45, 7) is 3.55. The Balaban J connectivity index is 2.18. The lowest BCUT2D eigenvalue weighted by atomic mass is 10.4. The third kappa shape index (κ3) is 2.47. The minimum atomic E-state index is -0.954. The highest BCUT2D eigenvalue weighted by molar-refractivity contribution is 8.00. The summed E-state index contributed by atoms with van der Waals surface area (Å²) in [5, 5.41) is 30.7. The lowest BCUT2D eigenvalue weighted by Crippen LogP contribution is -2.48. The van der Waals surface area contributed by atoms with E-state index in [1.165, 1.54) is 23.1 Å². The summed E-state index contributed by atoms with van der Waals surface area (Å²) in [7, 11) is 0.